The summed E-state index contributed by atoms with van der Waals surface area (Å²) in [5, 5.41) is 13.6. The third-order valence-corrected chi connectivity index (χ3v) is 5.00. The molecule has 0 saturated heterocycles. The van der Waals surface area contributed by atoms with E-state index in [2.05, 4.69) is 4.72 Å². The van der Waals surface area contributed by atoms with Crippen LogP contribution in [0.15, 0.2) is 46.0 Å². The number of aliphatic hydroxyl groups is 1. The van der Waals surface area contributed by atoms with Crippen molar-refractivity contribution in [1.29, 1.82) is 0 Å². The first-order valence-corrected chi connectivity index (χ1v) is 8.89. The van der Waals surface area contributed by atoms with Gasteiger partial charge in [0.25, 0.3) is 0 Å². The lowest BCUT2D eigenvalue weighted by Crippen LogP contribution is -2.28. The van der Waals surface area contributed by atoms with Crippen LogP contribution in [0.25, 0.3) is 0 Å². The zero-order chi connectivity index (χ0) is 15.3. The van der Waals surface area contributed by atoms with Gasteiger partial charge in [-0.1, -0.05) is 12.1 Å². The normalized spacial score (nSPS) is 13.0. The summed E-state index contributed by atoms with van der Waals surface area (Å²) in [6, 6.07) is 8.19. The molecule has 0 amide bonds. The summed E-state index contributed by atoms with van der Waals surface area (Å²) < 4.78 is 32.3. The summed E-state index contributed by atoms with van der Waals surface area (Å²) in [4.78, 5) is 0.0735. The fourth-order valence-corrected chi connectivity index (χ4v) is 3.69. The van der Waals surface area contributed by atoms with Gasteiger partial charge in [0.05, 0.1) is 12.7 Å². The van der Waals surface area contributed by atoms with Crippen molar-refractivity contribution in [2.75, 3.05) is 13.2 Å². The predicted octanol–water partition coefficient (Wildman–Crippen LogP) is 2.16. The van der Waals surface area contributed by atoms with E-state index in [9.17, 15) is 13.5 Å². The molecule has 0 bridgehead atoms. The molecule has 0 aliphatic rings. The van der Waals surface area contributed by atoms with Gasteiger partial charge in [0, 0.05) is 6.54 Å². The Balaban J connectivity index is 2.12. The Kier molecular flexibility index (Phi) is 5.35. The Morgan fingerprint density at radius 3 is 2.76 bits per heavy atom. The molecule has 1 aromatic carbocycles. The fourth-order valence-electron chi connectivity index (χ4n) is 1.80. The fraction of sp³-hybridized carbons (Fsp3) is 0.286. The Morgan fingerprint density at radius 2 is 2.10 bits per heavy atom. The standard InChI is InChI=1S/C14H17NO4S2/c1-2-19-13-5-3-4-6-14(13)21(17,18)15-9-12(16)11-7-8-20-10-11/h3-8,10,12,15-16H,2,9H2,1H3. The third kappa shape index (κ3) is 4.04. The monoisotopic (exact) mass is 327 g/mol. The molecule has 0 fully saturated rings. The van der Waals surface area contributed by atoms with Gasteiger partial charge in [-0.15, -0.1) is 0 Å². The SMILES string of the molecule is CCOc1ccccc1S(=O)(=O)NCC(O)c1ccsc1. The van der Waals surface area contributed by atoms with Crippen molar-refractivity contribution in [1.82, 2.24) is 4.72 Å². The molecule has 0 saturated carbocycles. The number of ether oxygens (including phenoxy) is 1. The van der Waals surface area contributed by atoms with Gasteiger partial charge >= 0.3 is 0 Å². The second-order valence-corrected chi connectivity index (χ2v) is 6.82. The number of sulfonamides is 1. The van der Waals surface area contributed by atoms with Gasteiger partial charge in [-0.3, -0.25) is 0 Å². The van der Waals surface area contributed by atoms with Crippen LogP contribution >= 0.6 is 11.3 Å². The molecule has 7 heteroatoms. The molecule has 5 nitrogen and oxygen atoms in total. The maximum atomic E-state index is 12.3. The van der Waals surface area contributed by atoms with Crippen LogP contribution in [0, 0.1) is 0 Å². The first-order valence-electron chi connectivity index (χ1n) is 6.46. The van der Waals surface area contributed by atoms with Gasteiger partial charge in [-0.05, 0) is 41.4 Å². The molecule has 0 aliphatic carbocycles. The molecule has 1 unspecified atom stereocenters. The highest BCUT2D eigenvalue weighted by Crippen LogP contribution is 2.23. The number of hydrogen-bond donors (Lipinski definition) is 2. The van der Waals surface area contributed by atoms with Gasteiger partial charge in [-0.25, -0.2) is 13.1 Å². The topological polar surface area (TPSA) is 75.6 Å². The Hall–Kier alpha value is -1.41. The predicted molar refractivity (Wildman–Crippen MR) is 82.1 cm³/mol. The van der Waals surface area contributed by atoms with Crippen LogP contribution in [-0.4, -0.2) is 26.7 Å². The van der Waals surface area contributed by atoms with Gasteiger partial charge in [-0.2, -0.15) is 11.3 Å². The molecule has 0 aliphatic heterocycles. The molecule has 1 heterocycles. The second-order valence-electron chi connectivity index (χ2n) is 4.30. The lowest BCUT2D eigenvalue weighted by molar-refractivity contribution is 0.182. The van der Waals surface area contributed by atoms with Crippen molar-refractivity contribution in [3.8, 4) is 5.75 Å². The largest absolute Gasteiger partial charge is 0.492 e. The molecular formula is C14H17NO4S2. The highest BCUT2D eigenvalue weighted by atomic mass is 32.2. The van der Waals surface area contributed by atoms with Gasteiger partial charge < -0.3 is 9.84 Å². The summed E-state index contributed by atoms with van der Waals surface area (Å²) in [5.74, 6) is 0.303. The van der Waals surface area contributed by atoms with Crippen LogP contribution in [0.2, 0.25) is 0 Å². The molecule has 0 radical (unpaired) electrons. The minimum Gasteiger partial charge on any atom is -0.492 e. The molecule has 0 spiro atoms. The molecule has 1 atom stereocenters. The summed E-state index contributed by atoms with van der Waals surface area (Å²) in [7, 11) is -3.73. The maximum absolute atomic E-state index is 12.3. The van der Waals surface area contributed by atoms with E-state index >= 15 is 0 Å². The number of nitrogens with one attached hydrogen (secondary N) is 1. The highest BCUT2D eigenvalue weighted by Gasteiger charge is 2.20. The molecule has 114 valence electrons. The number of thiophene rings is 1. The van der Waals surface area contributed by atoms with Crippen LogP contribution in [0.5, 0.6) is 5.75 Å². The van der Waals surface area contributed by atoms with Crippen LogP contribution in [0.1, 0.15) is 18.6 Å². The first-order chi connectivity index (χ1) is 10.0. The lowest BCUT2D eigenvalue weighted by atomic mass is 10.2. The van der Waals surface area contributed by atoms with Crippen LogP contribution in [0.3, 0.4) is 0 Å². The molecule has 2 aromatic rings. The van der Waals surface area contributed by atoms with E-state index in [1.807, 2.05) is 5.38 Å². The summed E-state index contributed by atoms with van der Waals surface area (Å²) in [6.45, 7) is 2.08. The number of aliphatic hydroxyl groups excluding tert-OH is 1. The quantitative estimate of drug-likeness (QED) is 0.817. The summed E-state index contributed by atoms with van der Waals surface area (Å²) >= 11 is 1.45. The molecule has 1 aromatic heterocycles. The molecule has 21 heavy (non-hydrogen) atoms. The zero-order valence-electron chi connectivity index (χ0n) is 11.5. The minimum absolute atomic E-state index is 0.0735. The number of hydrogen-bond acceptors (Lipinski definition) is 5. The van der Waals surface area contributed by atoms with Crippen molar-refractivity contribution in [3.05, 3.63) is 46.7 Å². The van der Waals surface area contributed by atoms with Crippen molar-refractivity contribution in [2.24, 2.45) is 0 Å². The van der Waals surface area contributed by atoms with Gasteiger partial charge in [0.2, 0.25) is 10.0 Å². The van der Waals surface area contributed by atoms with Crippen LogP contribution in [0.4, 0.5) is 0 Å². The van der Waals surface area contributed by atoms with Gasteiger partial charge in [0.1, 0.15) is 10.6 Å². The number of rotatable bonds is 7. The highest BCUT2D eigenvalue weighted by molar-refractivity contribution is 7.89. The molecule has 2 N–H and O–H groups in total. The van der Waals surface area contributed by atoms with E-state index in [-0.39, 0.29) is 11.4 Å². The van der Waals surface area contributed by atoms with Crippen LogP contribution < -0.4 is 9.46 Å². The third-order valence-electron chi connectivity index (χ3n) is 2.83. The lowest BCUT2D eigenvalue weighted by Gasteiger charge is -2.13. The Labute approximate surface area is 128 Å². The van der Waals surface area contributed by atoms with Crippen LogP contribution in [-0.2, 0) is 10.0 Å². The smallest absolute Gasteiger partial charge is 0.244 e. The maximum Gasteiger partial charge on any atom is 0.244 e. The minimum atomic E-state index is -3.73. The summed E-state index contributed by atoms with van der Waals surface area (Å²) in [6.07, 6.45) is -0.870. The van der Waals surface area contributed by atoms with Crippen molar-refractivity contribution < 1.29 is 18.3 Å². The van der Waals surface area contributed by atoms with Crippen molar-refractivity contribution in [2.45, 2.75) is 17.9 Å². The van der Waals surface area contributed by atoms with E-state index in [0.717, 1.165) is 0 Å². The zero-order valence-corrected chi connectivity index (χ0v) is 13.2. The molecule has 2 rings (SSSR count). The average Bonchev–Trinajstić information content (AvgIpc) is 3.00. The van der Waals surface area contributed by atoms with E-state index in [4.69, 9.17) is 4.74 Å². The van der Waals surface area contributed by atoms with E-state index in [0.29, 0.717) is 17.9 Å². The van der Waals surface area contributed by atoms with Crippen molar-refractivity contribution in [3.63, 3.8) is 0 Å². The second kappa shape index (κ2) is 7.04. The average molecular weight is 327 g/mol. The molecular weight excluding hydrogens is 310 g/mol. The summed E-state index contributed by atoms with van der Waals surface area (Å²) in [5.41, 5.74) is 0.695. The van der Waals surface area contributed by atoms with Gasteiger partial charge in [0.15, 0.2) is 0 Å². The van der Waals surface area contributed by atoms with E-state index in [1.54, 1.807) is 36.6 Å². The number of para-hydroxylation sites is 1. The Morgan fingerprint density at radius 1 is 1.33 bits per heavy atom. The van der Waals surface area contributed by atoms with E-state index in [1.165, 1.54) is 17.4 Å². The first kappa shape index (κ1) is 16.0. The number of benzene rings is 1. The van der Waals surface area contributed by atoms with E-state index < -0.39 is 16.1 Å². The Bertz CT molecular complexity index is 668. The van der Waals surface area contributed by atoms with Crippen molar-refractivity contribution >= 4 is 21.4 Å².